The molecule has 0 unspecified atom stereocenters. The van der Waals surface area contributed by atoms with Crippen LogP contribution >= 0.6 is 0 Å². The van der Waals surface area contributed by atoms with E-state index in [-0.39, 0.29) is 37.3 Å². The smallest absolute Gasteiger partial charge is 0.306 e. The van der Waals surface area contributed by atoms with Crippen LogP contribution in [0, 0.1) is 0 Å². The molecule has 2 amide bonds. The molecule has 0 aliphatic heterocycles. The van der Waals surface area contributed by atoms with E-state index >= 15 is 0 Å². The predicted octanol–water partition coefficient (Wildman–Crippen LogP) is 4.88. The molecule has 192 valence electrons. The van der Waals surface area contributed by atoms with Crippen molar-refractivity contribution >= 4 is 23.9 Å². The summed E-state index contributed by atoms with van der Waals surface area (Å²) in [6.07, 6.45) is 2.22. The summed E-state index contributed by atoms with van der Waals surface area (Å²) < 4.78 is 10.9. The van der Waals surface area contributed by atoms with Crippen LogP contribution in [0.2, 0.25) is 0 Å². The van der Waals surface area contributed by atoms with E-state index in [1.807, 2.05) is 62.4 Å². The lowest BCUT2D eigenvalue weighted by atomic mass is 10.1. The monoisotopic (exact) mass is 500 g/mol. The maximum Gasteiger partial charge on any atom is 0.306 e. The van der Waals surface area contributed by atoms with Gasteiger partial charge in [0.15, 0.2) is 0 Å². The summed E-state index contributed by atoms with van der Waals surface area (Å²) >= 11 is 0. The zero-order valence-electron chi connectivity index (χ0n) is 21.1. The summed E-state index contributed by atoms with van der Waals surface area (Å²) in [5, 5.41) is 5.48. The Labute approximate surface area is 217 Å². The summed E-state index contributed by atoms with van der Waals surface area (Å²) in [6.45, 7) is 4.35. The molecule has 0 radical (unpaired) electrons. The predicted molar refractivity (Wildman–Crippen MR) is 143 cm³/mol. The maximum absolute atomic E-state index is 12.9. The van der Waals surface area contributed by atoms with Gasteiger partial charge in [-0.3, -0.25) is 14.4 Å². The van der Waals surface area contributed by atoms with Crippen molar-refractivity contribution in [2.75, 3.05) is 6.54 Å². The van der Waals surface area contributed by atoms with Crippen LogP contribution in [0.5, 0.6) is 5.75 Å². The average molecular weight is 501 g/mol. The first kappa shape index (κ1) is 27.2. The Morgan fingerprint density at radius 3 is 2.16 bits per heavy atom. The molecule has 3 rings (SSSR count). The minimum atomic E-state index is -0.454. The number of carbonyl (C=O) groups is 3. The molecule has 0 saturated heterocycles. The molecule has 3 aromatic rings. The molecule has 7 nitrogen and oxygen atoms in total. The molecule has 2 N–H and O–H groups in total. The van der Waals surface area contributed by atoms with Crippen molar-refractivity contribution in [2.24, 2.45) is 0 Å². The first-order chi connectivity index (χ1) is 17.9. The Morgan fingerprint density at radius 1 is 0.865 bits per heavy atom. The Kier molecular flexibility index (Phi) is 10.5. The molecule has 0 spiro atoms. The molecule has 0 heterocycles. The van der Waals surface area contributed by atoms with Gasteiger partial charge in [0.1, 0.15) is 18.1 Å². The van der Waals surface area contributed by atoms with E-state index < -0.39 is 11.8 Å². The van der Waals surface area contributed by atoms with E-state index in [0.717, 1.165) is 11.1 Å². The molecule has 0 saturated carbocycles. The number of carbonyl (C=O) groups excluding carboxylic acids is 3. The second kappa shape index (κ2) is 14.2. The lowest BCUT2D eigenvalue weighted by Crippen LogP contribution is -2.35. The number of nitrogens with one attached hydrogen (secondary N) is 2. The van der Waals surface area contributed by atoms with E-state index in [4.69, 9.17) is 9.47 Å². The molecule has 0 aliphatic carbocycles. The molecule has 3 aromatic carbocycles. The van der Waals surface area contributed by atoms with E-state index in [1.165, 1.54) is 0 Å². The van der Waals surface area contributed by atoms with Crippen molar-refractivity contribution in [1.82, 2.24) is 10.6 Å². The first-order valence-corrected chi connectivity index (χ1v) is 12.2. The second-order valence-corrected chi connectivity index (χ2v) is 8.62. The van der Waals surface area contributed by atoms with Crippen LogP contribution < -0.4 is 15.4 Å². The van der Waals surface area contributed by atoms with Crippen LogP contribution in [-0.2, 0) is 20.9 Å². The SMILES string of the molecule is CC(C)Oc1ccc(/C=C(\NC(=O)c2ccccc2)C(=O)NCCCC(=O)OCc2ccccc2)cc1. The lowest BCUT2D eigenvalue weighted by molar-refractivity contribution is -0.145. The fraction of sp³-hybridized carbons (Fsp3) is 0.233. The fourth-order valence-electron chi connectivity index (χ4n) is 3.36. The van der Waals surface area contributed by atoms with Gasteiger partial charge in [0.05, 0.1) is 6.10 Å². The third-order valence-electron chi connectivity index (χ3n) is 5.18. The Hall–Kier alpha value is -4.39. The number of amides is 2. The first-order valence-electron chi connectivity index (χ1n) is 12.2. The van der Waals surface area contributed by atoms with Crippen molar-refractivity contribution < 1.29 is 23.9 Å². The molecular weight excluding hydrogens is 468 g/mol. The van der Waals surface area contributed by atoms with Crippen LogP contribution in [0.4, 0.5) is 0 Å². The second-order valence-electron chi connectivity index (χ2n) is 8.62. The van der Waals surface area contributed by atoms with Gasteiger partial charge in [-0.15, -0.1) is 0 Å². The highest BCUT2D eigenvalue weighted by Gasteiger charge is 2.15. The number of rotatable bonds is 12. The Bertz CT molecular complexity index is 1190. The number of hydrogen-bond donors (Lipinski definition) is 2. The molecule has 0 fully saturated rings. The average Bonchev–Trinajstić information content (AvgIpc) is 2.91. The van der Waals surface area contributed by atoms with E-state index in [9.17, 15) is 14.4 Å². The van der Waals surface area contributed by atoms with Gasteiger partial charge in [-0.2, -0.15) is 0 Å². The zero-order valence-corrected chi connectivity index (χ0v) is 21.1. The molecule has 0 bridgehead atoms. The third-order valence-corrected chi connectivity index (χ3v) is 5.18. The van der Waals surface area contributed by atoms with Gasteiger partial charge in [-0.1, -0.05) is 60.7 Å². The standard InChI is InChI=1S/C30H32N2O5/c1-22(2)37-26-17-15-23(16-18-26)20-27(32-29(34)25-12-7-4-8-13-25)30(35)31-19-9-14-28(33)36-21-24-10-5-3-6-11-24/h3-8,10-13,15-18,20,22H,9,14,19,21H2,1-2H3,(H,31,35)(H,32,34)/b27-20-. The highest BCUT2D eigenvalue weighted by molar-refractivity contribution is 6.05. The number of hydrogen-bond acceptors (Lipinski definition) is 5. The van der Waals surface area contributed by atoms with Crippen molar-refractivity contribution in [3.8, 4) is 5.75 Å². The zero-order chi connectivity index (χ0) is 26.5. The van der Waals surface area contributed by atoms with Gasteiger partial charge in [0.2, 0.25) is 0 Å². The van der Waals surface area contributed by atoms with Crippen LogP contribution in [0.3, 0.4) is 0 Å². The summed E-state index contributed by atoms with van der Waals surface area (Å²) in [5.74, 6) is -0.476. The largest absolute Gasteiger partial charge is 0.491 e. The highest BCUT2D eigenvalue weighted by atomic mass is 16.5. The van der Waals surface area contributed by atoms with Crippen LogP contribution in [0.1, 0.15) is 48.2 Å². The van der Waals surface area contributed by atoms with Crippen molar-refractivity contribution in [3.63, 3.8) is 0 Å². The minimum absolute atomic E-state index is 0.0449. The quantitative estimate of drug-likeness (QED) is 0.210. The molecular formula is C30H32N2O5. The van der Waals surface area contributed by atoms with Crippen molar-refractivity contribution in [2.45, 2.75) is 39.4 Å². The fourth-order valence-corrected chi connectivity index (χ4v) is 3.36. The molecule has 7 heteroatoms. The van der Waals surface area contributed by atoms with Crippen LogP contribution in [0.25, 0.3) is 6.08 Å². The van der Waals surface area contributed by atoms with Gasteiger partial charge in [-0.25, -0.2) is 0 Å². The number of benzene rings is 3. The van der Waals surface area contributed by atoms with Gasteiger partial charge in [-0.05, 0) is 61.7 Å². The summed E-state index contributed by atoms with van der Waals surface area (Å²) in [4.78, 5) is 37.7. The highest BCUT2D eigenvalue weighted by Crippen LogP contribution is 2.16. The van der Waals surface area contributed by atoms with Gasteiger partial charge >= 0.3 is 5.97 Å². The Balaban J connectivity index is 1.58. The van der Waals surface area contributed by atoms with Crippen molar-refractivity contribution in [3.05, 3.63) is 107 Å². The van der Waals surface area contributed by atoms with E-state index in [0.29, 0.717) is 17.7 Å². The third kappa shape index (κ3) is 9.64. The van der Waals surface area contributed by atoms with Gasteiger partial charge in [0, 0.05) is 18.5 Å². The van der Waals surface area contributed by atoms with Gasteiger partial charge < -0.3 is 20.1 Å². The number of ether oxygens (including phenoxy) is 2. The van der Waals surface area contributed by atoms with Crippen LogP contribution in [-0.4, -0.2) is 30.4 Å². The normalized spacial score (nSPS) is 11.1. The van der Waals surface area contributed by atoms with Crippen LogP contribution in [0.15, 0.2) is 90.6 Å². The minimum Gasteiger partial charge on any atom is -0.491 e. The van der Waals surface area contributed by atoms with Gasteiger partial charge in [0.25, 0.3) is 11.8 Å². The van der Waals surface area contributed by atoms with Crippen molar-refractivity contribution in [1.29, 1.82) is 0 Å². The van der Waals surface area contributed by atoms with E-state index in [1.54, 1.807) is 42.5 Å². The molecule has 0 atom stereocenters. The number of esters is 1. The summed E-state index contributed by atoms with van der Waals surface area (Å²) in [5.41, 5.74) is 2.16. The molecule has 0 aliphatic rings. The molecule has 0 aromatic heterocycles. The summed E-state index contributed by atoms with van der Waals surface area (Å²) in [7, 11) is 0. The summed E-state index contributed by atoms with van der Waals surface area (Å²) in [6, 6.07) is 25.3. The Morgan fingerprint density at radius 2 is 1.51 bits per heavy atom. The maximum atomic E-state index is 12.9. The molecule has 37 heavy (non-hydrogen) atoms. The topological polar surface area (TPSA) is 93.7 Å². The van der Waals surface area contributed by atoms with E-state index in [2.05, 4.69) is 10.6 Å². The lowest BCUT2D eigenvalue weighted by Gasteiger charge is -2.12.